The number of hydrogen-bond acceptors (Lipinski definition) is 4. The van der Waals surface area contributed by atoms with Gasteiger partial charge in [-0.3, -0.25) is 9.59 Å². The Bertz CT molecular complexity index is 992. The van der Waals surface area contributed by atoms with Crippen molar-refractivity contribution in [3.63, 3.8) is 0 Å². The number of aliphatic carboxylic acids is 1. The molecule has 1 heterocycles. The van der Waals surface area contributed by atoms with Crippen LogP contribution < -0.4 is 5.32 Å². The number of nitrogens with one attached hydrogen (secondary N) is 1. The molecule has 5 rings (SSSR count). The third-order valence-corrected chi connectivity index (χ3v) is 8.79. The van der Waals surface area contributed by atoms with Crippen LogP contribution in [0.3, 0.4) is 0 Å². The molecule has 2 aliphatic carbocycles. The van der Waals surface area contributed by atoms with Crippen LogP contribution in [0.1, 0.15) is 111 Å². The monoisotopic (exact) mass is 493 g/mol. The molecule has 0 amide bonds. The molecule has 3 aliphatic rings. The minimum atomic E-state index is -0.823. The smallest absolute Gasteiger partial charge is 0.310 e. The highest BCUT2D eigenvalue weighted by Gasteiger charge is 2.24. The van der Waals surface area contributed by atoms with Crippen molar-refractivity contribution in [3.05, 3.63) is 64.7 Å². The minimum absolute atomic E-state index is 0.0190. The van der Waals surface area contributed by atoms with Gasteiger partial charge in [-0.1, -0.05) is 75.8 Å². The van der Waals surface area contributed by atoms with E-state index in [0.717, 1.165) is 39.4 Å². The van der Waals surface area contributed by atoms with Crippen LogP contribution in [-0.4, -0.2) is 28.9 Å². The summed E-state index contributed by atoms with van der Waals surface area (Å²) < 4.78 is 0. The van der Waals surface area contributed by atoms with Gasteiger partial charge in [-0.05, 0) is 55.4 Å². The topological polar surface area (TPSA) is 66.4 Å². The van der Waals surface area contributed by atoms with Gasteiger partial charge >= 0.3 is 5.97 Å². The van der Waals surface area contributed by atoms with E-state index in [2.05, 4.69) is 5.32 Å². The lowest BCUT2D eigenvalue weighted by atomic mass is 9.91. The van der Waals surface area contributed by atoms with Crippen molar-refractivity contribution in [3.8, 4) is 0 Å². The van der Waals surface area contributed by atoms with Gasteiger partial charge in [0, 0.05) is 33.9 Å². The van der Waals surface area contributed by atoms with E-state index in [0.29, 0.717) is 12.0 Å². The van der Waals surface area contributed by atoms with Crippen molar-refractivity contribution in [1.29, 1.82) is 0 Å². The number of carbonyl (C=O) groups excluding carboxylic acids is 1. The molecule has 0 saturated heterocycles. The first-order valence-corrected chi connectivity index (χ1v) is 14.4. The lowest BCUT2D eigenvalue weighted by Crippen LogP contribution is -2.40. The van der Waals surface area contributed by atoms with E-state index >= 15 is 0 Å². The zero-order valence-electron chi connectivity index (χ0n) is 20.9. The predicted octanol–water partition coefficient (Wildman–Crippen LogP) is 7.34. The maximum Gasteiger partial charge on any atom is 0.310 e. The summed E-state index contributed by atoms with van der Waals surface area (Å²) >= 11 is 1.60. The second-order valence-electron chi connectivity index (χ2n) is 10.2. The van der Waals surface area contributed by atoms with E-state index in [1.54, 1.807) is 23.9 Å². The Morgan fingerprint density at radius 1 is 0.943 bits per heavy atom. The maximum absolute atomic E-state index is 12.7. The van der Waals surface area contributed by atoms with Gasteiger partial charge in [0.15, 0.2) is 5.78 Å². The van der Waals surface area contributed by atoms with E-state index in [4.69, 9.17) is 0 Å². The van der Waals surface area contributed by atoms with Crippen molar-refractivity contribution < 1.29 is 14.7 Å². The second-order valence-corrected chi connectivity index (χ2v) is 11.2. The van der Waals surface area contributed by atoms with Gasteiger partial charge in [0.25, 0.3) is 0 Å². The van der Waals surface area contributed by atoms with Gasteiger partial charge in [-0.25, -0.2) is 0 Å². The third-order valence-electron chi connectivity index (χ3n) is 7.69. The van der Waals surface area contributed by atoms with Crippen LogP contribution in [0.5, 0.6) is 0 Å². The first-order chi connectivity index (χ1) is 17.1. The highest BCUT2D eigenvalue weighted by molar-refractivity contribution is 7.98. The molecule has 0 bridgehead atoms. The van der Waals surface area contributed by atoms with Crippen LogP contribution in [0.25, 0.3) is 0 Å². The largest absolute Gasteiger partial charge is 0.481 e. The Balaban J connectivity index is 0.000000189. The summed E-state index contributed by atoms with van der Waals surface area (Å²) in [6.07, 6.45) is 15.1. The summed E-state index contributed by atoms with van der Waals surface area (Å²) in [4.78, 5) is 24.9. The number of carboxylic acid groups (broad SMARTS) is 1. The zero-order chi connectivity index (χ0) is 24.6. The number of carboxylic acids is 1. The van der Waals surface area contributed by atoms with Crippen molar-refractivity contribution in [1.82, 2.24) is 5.32 Å². The lowest BCUT2D eigenvalue weighted by molar-refractivity contribution is -0.138. The molecule has 0 aromatic heterocycles. The van der Waals surface area contributed by atoms with E-state index in [1.165, 1.54) is 64.2 Å². The SMILES string of the molecule is C1CCC(NC2CCCCC2)CC1.CCC(C(=O)O)c1ccc2c(c1)SCc1ccccc1C2=O. The predicted molar refractivity (Wildman–Crippen MR) is 143 cm³/mol. The molecule has 188 valence electrons. The van der Waals surface area contributed by atoms with Gasteiger partial charge < -0.3 is 10.4 Å². The average molecular weight is 494 g/mol. The number of fused-ring (bicyclic) bond motifs is 2. The molecule has 1 unspecified atom stereocenters. The fourth-order valence-electron chi connectivity index (χ4n) is 5.66. The Labute approximate surface area is 214 Å². The van der Waals surface area contributed by atoms with Gasteiger partial charge in [-0.15, -0.1) is 11.8 Å². The van der Waals surface area contributed by atoms with Crippen molar-refractivity contribution in [2.24, 2.45) is 0 Å². The summed E-state index contributed by atoms with van der Waals surface area (Å²) in [6.45, 7) is 1.86. The first kappa shape index (κ1) is 26.0. The summed E-state index contributed by atoms with van der Waals surface area (Å²) in [5.74, 6) is -0.602. The highest BCUT2D eigenvalue weighted by atomic mass is 32.2. The zero-order valence-corrected chi connectivity index (χ0v) is 21.7. The van der Waals surface area contributed by atoms with Gasteiger partial charge in [-0.2, -0.15) is 0 Å². The molecule has 0 radical (unpaired) electrons. The molecule has 2 fully saturated rings. The number of benzene rings is 2. The molecule has 35 heavy (non-hydrogen) atoms. The number of ketones is 1. The van der Waals surface area contributed by atoms with Gasteiger partial charge in [0.2, 0.25) is 0 Å². The van der Waals surface area contributed by atoms with Crippen LogP contribution >= 0.6 is 11.8 Å². The summed E-state index contributed by atoms with van der Waals surface area (Å²) in [6, 6.07) is 14.8. The molecule has 0 spiro atoms. The second kappa shape index (κ2) is 12.7. The molecule has 2 saturated carbocycles. The minimum Gasteiger partial charge on any atom is -0.481 e. The average Bonchev–Trinajstić information content (AvgIpc) is 3.02. The Hall–Kier alpha value is -2.11. The van der Waals surface area contributed by atoms with Gasteiger partial charge in [0.05, 0.1) is 5.92 Å². The van der Waals surface area contributed by atoms with Crippen molar-refractivity contribution in [2.75, 3.05) is 0 Å². The highest BCUT2D eigenvalue weighted by Crippen LogP contribution is 2.36. The van der Waals surface area contributed by atoms with E-state index in [1.807, 2.05) is 37.3 Å². The molecule has 5 heteroatoms. The lowest BCUT2D eigenvalue weighted by Gasteiger charge is -2.30. The van der Waals surface area contributed by atoms with E-state index in [9.17, 15) is 14.7 Å². The quantitative estimate of drug-likeness (QED) is 0.456. The van der Waals surface area contributed by atoms with Crippen LogP contribution in [0.15, 0.2) is 47.4 Å². The molecule has 2 aromatic carbocycles. The number of carbonyl (C=O) groups is 2. The van der Waals surface area contributed by atoms with Crippen LogP contribution in [0.4, 0.5) is 0 Å². The third kappa shape index (κ3) is 6.77. The first-order valence-electron chi connectivity index (χ1n) is 13.4. The fourth-order valence-corrected chi connectivity index (χ4v) is 6.75. The van der Waals surface area contributed by atoms with Crippen molar-refractivity contribution >= 4 is 23.5 Å². The van der Waals surface area contributed by atoms with Gasteiger partial charge in [0.1, 0.15) is 0 Å². The summed E-state index contributed by atoms with van der Waals surface area (Å²) in [5, 5.41) is 13.2. The van der Waals surface area contributed by atoms with Crippen LogP contribution in [0.2, 0.25) is 0 Å². The Morgan fingerprint density at radius 2 is 1.57 bits per heavy atom. The molecular formula is C30H39NO3S. The Morgan fingerprint density at radius 3 is 2.17 bits per heavy atom. The maximum atomic E-state index is 12.7. The Kier molecular flexibility index (Phi) is 9.45. The molecule has 1 aliphatic heterocycles. The molecule has 2 aromatic rings. The standard InChI is InChI=1S/C18H16O3S.C12H23N/c1-2-13(18(20)21)11-7-8-15-16(9-11)22-10-12-5-3-4-6-14(12)17(15)19;1-3-7-11(8-4-1)13-12-9-5-2-6-10-12/h3-9,13H,2,10H2,1H3,(H,20,21);11-13H,1-10H2. The van der Waals surface area contributed by atoms with Crippen LogP contribution in [0, 0.1) is 0 Å². The van der Waals surface area contributed by atoms with Crippen LogP contribution in [-0.2, 0) is 10.5 Å². The normalized spacial score (nSPS) is 19.5. The molecule has 1 atom stereocenters. The molecule has 4 nitrogen and oxygen atoms in total. The van der Waals surface area contributed by atoms with E-state index in [-0.39, 0.29) is 5.78 Å². The fraction of sp³-hybridized carbons (Fsp3) is 0.533. The molecular weight excluding hydrogens is 454 g/mol. The van der Waals surface area contributed by atoms with E-state index < -0.39 is 11.9 Å². The molecule has 2 N–H and O–H groups in total. The van der Waals surface area contributed by atoms with Crippen molar-refractivity contribution in [2.45, 2.75) is 106 Å². The summed E-state index contributed by atoms with van der Waals surface area (Å²) in [7, 11) is 0. The number of thioether (sulfide) groups is 1. The number of rotatable bonds is 5. The number of hydrogen-bond donors (Lipinski definition) is 2. The summed E-state index contributed by atoms with van der Waals surface area (Å²) in [5.41, 5.74) is 3.20.